The normalized spacial score (nSPS) is 27.6. The van der Waals surface area contributed by atoms with Gasteiger partial charge in [0, 0.05) is 12.6 Å². The van der Waals surface area contributed by atoms with Crippen LogP contribution in [0.1, 0.15) is 43.5 Å². The Balaban J connectivity index is 1.73. The van der Waals surface area contributed by atoms with E-state index in [4.69, 9.17) is 4.74 Å². The van der Waals surface area contributed by atoms with E-state index in [1.165, 1.54) is 47.2 Å². The topological polar surface area (TPSA) is 47.0 Å². The minimum atomic E-state index is 0.153. The van der Waals surface area contributed by atoms with Gasteiger partial charge >= 0.3 is 0 Å². The van der Waals surface area contributed by atoms with Crippen molar-refractivity contribution in [1.82, 2.24) is 14.9 Å². The summed E-state index contributed by atoms with van der Waals surface area (Å²) in [5.41, 5.74) is 0.153. The third-order valence-electron chi connectivity index (χ3n) is 4.52. The molecule has 0 bridgehead atoms. The molecule has 20 heavy (non-hydrogen) atoms. The highest BCUT2D eigenvalue weighted by atomic mass is 32.2. The number of ether oxygens (including phenoxy) is 1. The van der Waals surface area contributed by atoms with Crippen molar-refractivity contribution in [3.63, 3.8) is 0 Å². The fourth-order valence-electron chi connectivity index (χ4n) is 3.47. The summed E-state index contributed by atoms with van der Waals surface area (Å²) in [7, 11) is 0. The van der Waals surface area contributed by atoms with Gasteiger partial charge < -0.3 is 10.1 Å². The van der Waals surface area contributed by atoms with Gasteiger partial charge in [-0.3, -0.25) is 0 Å². The summed E-state index contributed by atoms with van der Waals surface area (Å²) in [5.74, 6) is 3.15. The lowest BCUT2D eigenvalue weighted by atomic mass is 9.78. The first kappa shape index (κ1) is 14.8. The lowest BCUT2D eigenvalue weighted by Gasteiger charge is -2.45. The lowest BCUT2D eigenvalue weighted by molar-refractivity contribution is -0.107. The molecule has 1 N–H and O–H groups in total. The molecule has 2 atom stereocenters. The van der Waals surface area contributed by atoms with Crippen molar-refractivity contribution in [3.05, 3.63) is 11.1 Å². The van der Waals surface area contributed by atoms with Crippen molar-refractivity contribution in [3.8, 4) is 0 Å². The van der Waals surface area contributed by atoms with E-state index in [2.05, 4.69) is 33.6 Å². The smallest absolute Gasteiger partial charge is 0.0701 e. The third-order valence-corrected chi connectivity index (χ3v) is 6.25. The molecule has 1 aromatic heterocycles. The Bertz CT molecular complexity index is 401. The summed E-state index contributed by atoms with van der Waals surface area (Å²) in [6, 6.07) is 0.398. The third kappa shape index (κ3) is 3.18. The monoisotopic (exact) mass is 313 g/mol. The van der Waals surface area contributed by atoms with E-state index in [1.807, 2.05) is 6.20 Å². The molecule has 3 rings (SSSR count). The van der Waals surface area contributed by atoms with Gasteiger partial charge in [-0.1, -0.05) is 11.4 Å². The summed E-state index contributed by atoms with van der Waals surface area (Å²) < 4.78 is 10.3. The fourth-order valence-corrected chi connectivity index (χ4v) is 5.38. The maximum absolute atomic E-state index is 6.21. The molecule has 2 unspecified atom stereocenters. The van der Waals surface area contributed by atoms with Crippen LogP contribution < -0.4 is 5.32 Å². The zero-order valence-electron chi connectivity index (χ0n) is 12.0. The molecule has 112 valence electrons. The van der Waals surface area contributed by atoms with Crippen LogP contribution in [0, 0.1) is 5.92 Å². The van der Waals surface area contributed by atoms with Crippen LogP contribution in [0.2, 0.25) is 0 Å². The van der Waals surface area contributed by atoms with E-state index in [-0.39, 0.29) is 5.60 Å². The molecule has 0 amide bonds. The van der Waals surface area contributed by atoms with E-state index in [1.54, 1.807) is 0 Å². The molecular weight excluding hydrogens is 290 g/mol. The number of hydrogen-bond donors (Lipinski definition) is 1. The van der Waals surface area contributed by atoms with Crippen LogP contribution in [0.3, 0.4) is 0 Å². The number of thioether (sulfide) groups is 1. The summed E-state index contributed by atoms with van der Waals surface area (Å²) >= 11 is 3.60. The van der Waals surface area contributed by atoms with Gasteiger partial charge in [0.15, 0.2) is 0 Å². The molecule has 0 aliphatic carbocycles. The molecule has 1 aromatic rings. The predicted octanol–water partition coefficient (Wildman–Crippen LogP) is 2.88. The van der Waals surface area contributed by atoms with Crippen molar-refractivity contribution < 1.29 is 4.74 Å². The summed E-state index contributed by atoms with van der Waals surface area (Å²) in [5, 5.41) is 7.66. The number of rotatable bonds is 4. The highest BCUT2D eigenvalue weighted by Crippen LogP contribution is 2.43. The second kappa shape index (κ2) is 6.73. The van der Waals surface area contributed by atoms with Gasteiger partial charge in [-0.05, 0) is 61.2 Å². The van der Waals surface area contributed by atoms with Gasteiger partial charge in [-0.25, -0.2) is 0 Å². The average Bonchev–Trinajstić information content (AvgIpc) is 2.99. The number of aromatic nitrogens is 2. The van der Waals surface area contributed by atoms with E-state index in [0.29, 0.717) is 12.0 Å². The molecule has 6 heteroatoms. The summed E-state index contributed by atoms with van der Waals surface area (Å²) in [6.07, 6.45) is 6.69. The maximum atomic E-state index is 6.21. The Labute approximate surface area is 129 Å². The molecule has 3 heterocycles. The van der Waals surface area contributed by atoms with Crippen LogP contribution in [-0.2, 0) is 4.74 Å². The zero-order valence-corrected chi connectivity index (χ0v) is 13.6. The van der Waals surface area contributed by atoms with E-state index in [9.17, 15) is 0 Å². The Kier molecular flexibility index (Phi) is 4.96. The van der Waals surface area contributed by atoms with Gasteiger partial charge in [0.25, 0.3) is 0 Å². The first-order valence-corrected chi connectivity index (χ1v) is 9.48. The van der Waals surface area contributed by atoms with Crippen LogP contribution in [0.4, 0.5) is 0 Å². The van der Waals surface area contributed by atoms with Crippen molar-refractivity contribution in [2.75, 3.05) is 24.7 Å². The number of hydrogen-bond acceptors (Lipinski definition) is 6. The minimum Gasteiger partial charge on any atom is -0.375 e. The van der Waals surface area contributed by atoms with Gasteiger partial charge in [0.2, 0.25) is 0 Å². The van der Waals surface area contributed by atoms with Crippen LogP contribution in [0.25, 0.3) is 0 Å². The van der Waals surface area contributed by atoms with Crippen LogP contribution in [-0.4, -0.2) is 39.8 Å². The molecule has 0 aromatic carbocycles. The molecule has 2 fully saturated rings. The van der Waals surface area contributed by atoms with Gasteiger partial charge in [-0.15, -0.1) is 5.10 Å². The second-order valence-corrected chi connectivity index (χ2v) is 7.79. The maximum Gasteiger partial charge on any atom is 0.0701 e. The first-order chi connectivity index (χ1) is 9.83. The number of nitrogens with zero attached hydrogens (tertiary/aromatic N) is 2. The molecule has 2 aliphatic rings. The minimum absolute atomic E-state index is 0.153. The van der Waals surface area contributed by atoms with Gasteiger partial charge in [0.05, 0.1) is 16.7 Å². The first-order valence-electron chi connectivity index (χ1n) is 7.55. The summed E-state index contributed by atoms with van der Waals surface area (Å²) in [6.45, 7) is 4.07. The number of nitrogens with one attached hydrogen (secondary N) is 1. The van der Waals surface area contributed by atoms with E-state index < -0.39 is 0 Å². The highest BCUT2D eigenvalue weighted by Gasteiger charge is 2.41. The van der Waals surface area contributed by atoms with Crippen molar-refractivity contribution in [2.45, 2.75) is 44.2 Å². The highest BCUT2D eigenvalue weighted by molar-refractivity contribution is 7.99. The van der Waals surface area contributed by atoms with Crippen LogP contribution in [0.5, 0.6) is 0 Å². The molecular formula is C14H23N3OS2. The van der Waals surface area contributed by atoms with Crippen LogP contribution in [0.15, 0.2) is 6.20 Å². The van der Waals surface area contributed by atoms with Crippen molar-refractivity contribution in [1.29, 1.82) is 0 Å². The Morgan fingerprint density at radius 1 is 1.50 bits per heavy atom. The SMILES string of the molecule is CCNC(c1cnns1)C1CCOC2(CCSCC2)C1. The lowest BCUT2D eigenvalue weighted by Crippen LogP contribution is -2.45. The Morgan fingerprint density at radius 3 is 3.05 bits per heavy atom. The summed E-state index contributed by atoms with van der Waals surface area (Å²) in [4.78, 5) is 1.28. The van der Waals surface area contributed by atoms with E-state index in [0.717, 1.165) is 19.6 Å². The van der Waals surface area contributed by atoms with Crippen molar-refractivity contribution >= 4 is 23.3 Å². The quantitative estimate of drug-likeness (QED) is 0.926. The van der Waals surface area contributed by atoms with Crippen LogP contribution >= 0.6 is 23.3 Å². The largest absolute Gasteiger partial charge is 0.375 e. The fraction of sp³-hybridized carbons (Fsp3) is 0.857. The Hall–Kier alpha value is -0.170. The molecule has 2 aliphatic heterocycles. The predicted molar refractivity (Wildman–Crippen MR) is 84.3 cm³/mol. The Morgan fingerprint density at radius 2 is 2.35 bits per heavy atom. The molecule has 0 saturated carbocycles. The second-order valence-electron chi connectivity index (χ2n) is 5.75. The average molecular weight is 313 g/mol. The molecule has 1 spiro atoms. The molecule has 0 radical (unpaired) electrons. The van der Waals surface area contributed by atoms with Gasteiger partial charge in [-0.2, -0.15) is 11.8 Å². The molecule has 4 nitrogen and oxygen atoms in total. The zero-order chi connectivity index (χ0) is 13.8. The standard InChI is InChI=1S/C14H23N3OS2/c1-2-15-13(12-10-16-17-20-12)11-3-6-18-14(9-11)4-7-19-8-5-14/h10-11,13,15H,2-9H2,1H3. The van der Waals surface area contributed by atoms with E-state index >= 15 is 0 Å². The molecule has 2 saturated heterocycles. The van der Waals surface area contributed by atoms with Gasteiger partial charge in [0.1, 0.15) is 0 Å². The van der Waals surface area contributed by atoms with Crippen molar-refractivity contribution in [2.24, 2.45) is 5.92 Å².